The van der Waals surface area contributed by atoms with Crippen molar-refractivity contribution in [2.45, 2.75) is 67.9 Å². The van der Waals surface area contributed by atoms with Crippen LogP contribution < -0.4 is 4.74 Å². The first kappa shape index (κ1) is 25.1. The van der Waals surface area contributed by atoms with E-state index in [-0.39, 0.29) is 0 Å². The molecule has 0 spiro atoms. The van der Waals surface area contributed by atoms with Crippen LogP contribution in [0.5, 0.6) is 5.75 Å². The Kier molecular flexibility index (Phi) is 9.00. The third-order valence-corrected chi connectivity index (χ3v) is 5.28. The zero-order chi connectivity index (χ0) is 23.8. The van der Waals surface area contributed by atoms with Crippen molar-refractivity contribution in [2.75, 3.05) is 7.11 Å². The second-order valence-electron chi connectivity index (χ2n) is 7.14. The van der Waals surface area contributed by atoms with Gasteiger partial charge in [0, 0.05) is 36.3 Å². The Hall–Kier alpha value is -3.15. The quantitative estimate of drug-likeness (QED) is 0.341. The van der Waals surface area contributed by atoms with Gasteiger partial charge in [-0.25, -0.2) is 14.6 Å². The van der Waals surface area contributed by atoms with E-state index < -0.39 is 0 Å². The number of ether oxygens (including phenoxy) is 1. The van der Waals surface area contributed by atoms with Crippen LogP contribution in [0.1, 0.15) is 65.3 Å². The largest absolute Gasteiger partial charge is 0.496 e. The van der Waals surface area contributed by atoms with Gasteiger partial charge in [0.1, 0.15) is 11.3 Å². The Balaban J connectivity index is 0.000000860. The lowest BCUT2D eigenvalue weighted by molar-refractivity contribution is 0.416. The molecule has 1 aromatic carbocycles. The normalized spacial score (nSPS) is 11.3. The van der Waals surface area contributed by atoms with Gasteiger partial charge in [-0.05, 0) is 51.0 Å². The Morgan fingerprint density at radius 3 is 2.38 bits per heavy atom. The minimum absolute atomic E-state index is 0.388. The van der Waals surface area contributed by atoms with E-state index >= 15 is 0 Å². The zero-order valence-corrected chi connectivity index (χ0v) is 21.0. The molecule has 3 heterocycles. The summed E-state index contributed by atoms with van der Waals surface area (Å²) < 4.78 is 9.72. The fourth-order valence-corrected chi connectivity index (χ4v) is 3.51. The van der Waals surface area contributed by atoms with Crippen LogP contribution >= 0.6 is 0 Å². The molecule has 0 saturated heterocycles. The Morgan fingerprint density at radius 1 is 1.06 bits per heavy atom. The van der Waals surface area contributed by atoms with Crippen LogP contribution in [0.25, 0.3) is 28.1 Å². The summed E-state index contributed by atoms with van der Waals surface area (Å²) in [6, 6.07) is 8.31. The molecule has 1 unspecified atom stereocenters. The number of fused-ring (bicyclic) bond motifs is 1. The summed E-state index contributed by atoms with van der Waals surface area (Å²) >= 11 is 0. The molecule has 4 rings (SSSR count). The van der Waals surface area contributed by atoms with Gasteiger partial charge in [-0.1, -0.05) is 34.6 Å². The molecule has 6 nitrogen and oxygen atoms in total. The Bertz CT molecular complexity index is 1130. The van der Waals surface area contributed by atoms with Crippen LogP contribution in [0.15, 0.2) is 42.9 Å². The summed E-state index contributed by atoms with van der Waals surface area (Å²) in [4.78, 5) is 9.91. The molecule has 0 radical (unpaired) electrons. The maximum atomic E-state index is 5.68. The number of rotatable bonds is 5. The average Bonchev–Trinajstić information content (AvgIpc) is 3.49. The fraction of sp³-hybridized carbons (Fsp3) is 0.423. The fourth-order valence-electron chi connectivity index (χ4n) is 3.51. The molecule has 0 amide bonds. The molecule has 0 bridgehead atoms. The van der Waals surface area contributed by atoms with Crippen molar-refractivity contribution in [3.05, 3.63) is 54.1 Å². The van der Waals surface area contributed by atoms with Crippen molar-refractivity contribution >= 4 is 11.2 Å². The highest BCUT2D eigenvalue weighted by molar-refractivity contribution is 5.81. The van der Waals surface area contributed by atoms with E-state index in [2.05, 4.69) is 36.6 Å². The average molecular weight is 436 g/mol. The molecule has 0 N–H and O–H groups in total. The molecular formula is C26H37N5O. The third-order valence-electron chi connectivity index (χ3n) is 5.28. The first-order valence-corrected chi connectivity index (χ1v) is 11.6. The van der Waals surface area contributed by atoms with E-state index in [1.54, 1.807) is 13.3 Å². The molecule has 1 atom stereocenters. The van der Waals surface area contributed by atoms with E-state index in [1.807, 2.05) is 69.8 Å². The smallest absolute Gasteiger partial charge is 0.159 e. The topological polar surface area (TPSA) is 57.8 Å². The number of benzene rings is 1. The summed E-state index contributed by atoms with van der Waals surface area (Å²) in [5.41, 5.74) is 6.63. The van der Waals surface area contributed by atoms with Crippen LogP contribution in [0.4, 0.5) is 0 Å². The van der Waals surface area contributed by atoms with Gasteiger partial charge in [-0.15, -0.1) is 0 Å². The lowest BCUT2D eigenvalue weighted by Crippen LogP contribution is -2.05. The zero-order valence-electron chi connectivity index (χ0n) is 21.0. The maximum absolute atomic E-state index is 5.68. The van der Waals surface area contributed by atoms with Crippen LogP contribution in [-0.4, -0.2) is 31.4 Å². The van der Waals surface area contributed by atoms with Crippen molar-refractivity contribution in [3.63, 3.8) is 0 Å². The van der Waals surface area contributed by atoms with Gasteiger partial charge in [0.15, 0.2) is 5.65 Å². The Morgan fingerprint density at radius 2 is 1.78 bits per heavy atom. The Labute approximate surface area is 192 Å². The number of hydrogen-bond acceptors (Lipinski definition) is 4. The number of methoxy groups -OCH3 is 1. The number of nitrogens with zero attached hydrogens (tertiary/aromatic N) is 5. The number of aromatic nitrogens is 5. The second-order valence-corrected chi connectivity index (χ2v) is 7.14. The van der Waals surface area contributed by atoms with Crippen molar-refractivity contribution in [1.82, 2.24) is 24.3 Å². The molecule has 0 saturated carbocycles. The number of hydrogen-bond donors (Lipinski definition) is 0. The summed E-state index contributed by atoms with van der Waals surface area (Å²) in [7, 11) is 1.68. The lowest BCUT2D eigenvalue weighted by Gasteiger charge is -2.14. The van der Waals surface area contributed by atoms with Crippen molar-refractivity contribution in [2.24, 2.45) is 0 Å². The van der Waals surface area contributed by atoms with E-state index in [0.29, 0.717) is 6.04 Å². The first-order valence-electron chi connectivity index (χ1n) is 11.6. The van der Waals surface area contributed by atoms with Crippen molar-refractivity contribution in [1.29, 1.82) is 0 Å². The van der Waals surface area contributed by atoms with E-state index in [1.165, 1.54) is 0 Å². The van der Waals surface area contributed by atoms with E-state index in [4.69, 9.17) is 14.7 Å². The highest BCUT2D eigenvalue weighted by Crippen LogP contribution is 2.34. The molecule has 32 heavy (non-hydrogen) atoms. The number of aryl methyl sites for hydroxylation is 2. The predicted octanol–water partition coefficient (Wildman–Crippen LogP) is 6.93. The van der Waals surface area contributed by atoms with Crippen molar-refractivity contribution < 1.29 is 4.74 Å². The van der Waals surface area contributed by atoms with Crippen LogP contribution in [0.2, 0.25) is 0 Å². The summed E-state index contributed by atoms with van der Waals surface area (Å²) in [6.45, 7) is 16.5. The van der Waals surface area contributed by atoms with Crippen molar-refractivity contribution in [3.8, 4) is 22.7 Å². The third kappa shape index (κ3) is 4.85. The summed E-state index contributed by atoms with van der Waals surface area (Å²) in [5, 5.41) is 4.29. The minimum atomic E-state index is 0.388. The summed E-state index contributed by atoms with van der Waals surface area (Å²) in [5.74, 6) is 0.753. The van der Waals surface area contributed by atoms with Gasteiger partial charge in [-0.3, -0.25) is 0 Å². The van der Waals surface area contributed by atoms with E-state index in [9.17, 15) is 0 Å². The van der Waals surface area contributed by atoms with Crippen LogP contribution in [-0.2, 0) is 0 Å². The minimum Gasteiger partial charge on any atom is -0.496 e. The molecule has 0 aliphatic rings. The molecule has 6 heteroatoms. The monoisotopic (exact) mass is 435 g/mol. The second kappa shape index (κ2) is 11.5. The van der Waals surface area contributed by atoms with Gasteiger partial charge >= 0.3 is 0 Å². The highest BCUT2D eigenvalue weighted by atomic mass is 16.5. The van der Waals surface area contributed by atoms with Gasteiger partial charge in [0.2, 0.25) is 0 Å². The maximum Gasteiger partial charge on any atom is 0.159 e. The van der Waals surface area contributed by atoms with Gasteiger partial charge in [-0.2, -0.15) is 5.10 Å². The highest BCUT2D eigenvalue weighted by Gasteiger charge is 2.18. The van der Waals surface area contributed by atoms with E-state index in [0.717, 1.165) is 51.5 Å². The standard InChI is InChI=1S/C22H25N5O.2C2H6/c1-6-15(3)26-13-14(2)20-22(26)24-16(4)21(25-20)18-9-8-17(12-19(18)28-5)27-11-7-10-23-27;2*1-2/h7-13,15H,6H2,1-5H3;2*1-2H3. The SMILES string of the molecule is CC.CC.CCC(C)n1cc(C)c2nc(-c3ccc(-n4cccn4)cc3OC)c(C)nc21. The molecule has 172 valence electrons. The molecule has 3 aromatic heterocycles. The first-order chi connectivity index (χ1) is 15.5. The predicted molar refractivity (Wildman–Crippen MR) is 134 cm³/mol. The van der Waals surface area contributed by atoms with Gasteiger partial charge < -0.3 is 9.30 Å². The van der Waals surface area contributed by atoms with Gasteiger partial charge in [0.25, 0.3) is 0 Å². The molecule has 0 aliphatic heterocycles. The lowest BCUT2D eigenvalue weighted by atomic mass is 10.1. The molecule has 0 fully saturated rings. The van der Waals surface area contributed by atoms with Gasteiger partial charge in [0.05, 0.1) is 24.2 Å². The van der Waals surface area contributed by atoms with Crippen LogP contribution in [0, 0.1) is 13.8 Å². The summed E-state index contributed by atoms with van der Waals surface area (Å²) in [6.07, 6.45) is 6.87. The van der Waals surface area contributed by atoms with Crippen LogP contribution in [0.3, 0.4) is 0 Å². The molecule has 0 aliphatic carbocycles. The molecular weight excluding hydrogens is 398 g/mol. The molecule has 4 aromatic rings.